The first-order chi connectivity index (χ1) is 10.0. The zero-order valence-corrected chi connectivity index (χ0v) is 13.9. The van der Waals surface area contributed by atoms with E-state index in [1.165, 1.54) is 0 Å². The minimum Gasteiger partial charge on any atom is -0.352 e. The molecule has 1 amide bonds. The van der Waals surface area contributed by atoms with Gasteiger partial charge < -0.3 is 15.6 Å². The Morgan fingerprint density at radius 2 is 1.95 bits per heavy atom. The molecule has 2 aromatic rings. The second kappa shape index (κ2) is 6.91. The molecule has 4 nitrogen and oxygen atoms in total. The van der Waals surface area contributed by atoms with Crippen LogP contribution in [0.25, 0.3) is 5.69 Å². The van der Waals surface area contributed by atoms with E-state index in [4.69, 9.17) is 5.73 Å². The molecular weight excluding hydrogens is 330 g/mol. The summed E-state index contributed by atoms with van der Waals surface area (Å²) >= 11 is 3.44. The van der Waals surface area contributed by atoms with Crippen LogP contribution >= 0.6 is 15.9 Å². The summed E-state index contributed by atoms with van der Waals surface area (Å²) in [4.78, 5) is 12.2. The topological polar surface area (TPSA) is 60.1 Å². The van der Waals surface area contributed by atoms with E-state index in [9.17, 15) is 4.79 Å². The molecule has 0 radical (unpaired) electrons. The normalized spacial score (nSPS) is 10.7. The Hall–Kier alpha value is -1.59. The molecule has 5 heteroatoms. The van der Waals surface area contributed by atoms with Crippen LogP contribution in [0.15, 0.2) is 34.8 Å². The van der Waals surface area contributed by atoms with E-state index in [-0.39, 0.29) is 5.91 Å². The summed E-state index contributed by atoms with van der Waals surface area (Å²) in [5.41, 5.74) is 9.19. The van der Waals surface area contributed by atoms with Crippen LogP contribution in [0.2, 0.25) is 0 Å². The number of rotatable bonds is 5. The lowest BCUT2D eigenvalue weighted by Crippen LogP contribution is -2.26. The van der Waals surface area contributed by atoms with Crippen molar-refractivity contribution in [1.29, 1.82) is 0 Å². The van der Waals surface area contributed by atoms with E-state index in [1.807, 2.05) is 44.2 Å². The number of hydrogen-bond donors (Lipinski definition) is 2. The minimum atomic E-state index is -0.0417. The summed E-state index contributed by atoms with van der Waals surface area (Å²) in [6.45, 7) is 5.16. The Bertz CT molecular complexity index is 632. The van der Waals surface area contributed by atoms with Crippen molar-refractivity contribution in [3.8, 4) is 5.69 Å². The van der Waals surface area contributed by atoms with E-state index in [2.05, 4.69) is 25.8 Å². The van der Waals surface area contributed by atoms with Crippen molar-refractivity contribution < 1.29 is 4.79 Å². The van der Waals surface area contributed by atoms with Gasteiger partial charge in [-0.2, -0.15) is 0 Å². The highest BCUT2D eigenvalue weighted by Gasteiger charge is 2.16. The quantitative estimate of drug-likeness (QED) is 0.815. The summed E-state index contributed by atoms with van der Waals surface area (Å²) < 4.78 is 3.12. The molecule has 21 heavy (non-hydrogen) atoms. The lowest BCUT2D eigenvalue weighted by molar-refractivity contribution is 0.0953. The number of aromatic nitrogens is 1. The molecule has 0 aliphatic carbocycles. The number of hydrogen-bond acceptors (Lipinski definition) is 2. The largest absolute Gasteiger partial charge is 0.352 e. The van der Waals surface area contributed by atoms with E-state index >= 15 is 0 Å². The number of carbonyl (C=O) groups excluding carboxylic acids is 1. The number of aryl methyl sites for hydroxylation is 1. The van der Waals surface area contributed by atoms with Gasteiger partial charge in [0.25, 0.3) is 5.91 Å². The smallest absolute Gasteiger partial charge is 0.253 e. The molecule has 1 aromatic carbocycles. The molecule has 1 aromatic heterocycles. The van der Waals surface area contributed by atoms with E-state index in [0.717, 1.165) is 28.0 Å². The van der Waals surface area contributed by atoms with Crippen LogP contribution in [0.5, 0.6) is 0 Å². The zero-order valence-electron chi connectivity index (χ0n) is 12.3. The molecular formula is C16H20BrN3O. The van der Waals surface area contributed by atoms with Crippen LogP contribution in [0.4, 0.5) is 0 Å². The molecule has 2 rings (SSSR count). The van der Waals surface area contributed by atoms with Gasteiger partial charge in [0, 0.05) is 28.1 Å². The fourth-order valence-electron chi connectivity index (χ4n) is 2.38. The number of nitrogens with zero attached hydrogens (tertiary/aromatic N) is 1. The zero-order chi connectivity index (χ0) is 15.4. The Kier molecular flexibility index (Phi) is 5.20. The van der Waals surface area contributed by atoms with Crippen LogP contribution in [0.1, 0.15) is 28.2 Å². The third-order valence-electron chi connectivity index (χ3n) is 3.43. The maximum Gasteiger partial charge on any atom is 0.253 e. The van der Waals surface area contributed by atoms with Crippen LogP contribution in [-0.2, 0) is 0 Å². The van der Waals surface area contributed by atoms with Gasteiger partial charge in [0.05, 0.1) is 5.56 Å². The number of carbonyl (C=O) groups is 1. The number of benzene rings is 1. The Morgan fingerprint density at radius 1 is 1.29 bits per heavy atom. The SMILES string of the molecule is Cc1cc(C(=O)NCCCN)c(C)n1-c1ccc(Br)cc1. The monoisotopic (exact) mass is 349 g/mol. The van der Waals surface area contributed by atoms with E-state index < -0.39 is 0 Å². The molecule has 0 fully saturated rings. The first-order valence-corrected chi connectivity index (χ1v) is 7.77. The van der Waals surface area contributed by atoms with Crippen molar-refractivity contribution >= 4 is 21.8 Å². The van der Waals surface area contributed by atoms with Gasteiger partial charge in [-0.25, -0.2) is 0 Å². The fraction of sp³-hybridized carbons (Fsp3) is 0.312. The van der Waals surface area contributed by atoms with Crippen LogP contribution in [-0.4, -0.2) is 23.6 Å². The standard InChI is InChI=1S/C16H20BrN3O/c1-11-10-15(16(21)19-9-3-8-18)12(2)20(11)14-6-4-13(17)5-7-14/h4-7,10H,3,8-9,18H2,1-2H3,(H,19,21). The molecule has 0 atom stereocenters. The highest BCUT2D eigenvalue weighted by molar-refractivity contribution is 9.10. The van der Waals surface area contributed by atoms with Gasteiger partial charge in [0.1, 0.15) is 0 Å². The summed E-state index contributed by atoms with van der Waals surface area (Å²) in [5, 5.41) is 2.90. The van der Waals surface area contributed by atoms with Crippen molar-refractivity contribution in [3.63, 3.8) is 0 Å². The molecule has 0 spiro atoms. The van der Waals surface area contributed by atoms with E-state index in [1.54, 1.807) is 0 Å². The molecule has 0 aliphatic heterocycles. The number of nitrogens with two attached hydrogens (primary N) is 1. The predicted octanol–water partition coefficient (Wildman–Crippen LogP) is 2.94. The molecule has 0 aliphatic rings. The molecule has 1 heterocycles. The first kappa shape index (κ1) is 15.8. The first-order valence-electron chi connectivity index (χ1n) is 6.97. The summed E-state index contributed by atoms with van der Waals surface area (Å²) in [6.07, 6.45) is 0.789. The number of amides is 1. The third-order valence-corrected chi connectivity index (χ3v) is 3.96. The van der Waals surface area contributed by atoms with Gasteiger partial charge in [-0.15, -0.1) is 0 Å². The van der Waals surface area contributed by atoms with Gasteiger partial charge in [-0.3, -0.25) is 4.79 Å². The van der Waals surface area contributed by atoms with Crippen LogP contribution < -0.4 is 11.1 Å². The Balaban J connectivity index is 2.29. The van der Waals surface area contributed by atoms with Gasteiger partial charge >= 0.3 is 0 Å². The third kappa shape index (κ3) is 3.54. The second-order valence-electron chi connectivity index (χ2n) is 4.99. The van der Waals surface area contributed by atoms with Crippen LogP contribution in [0.3, 0.4) is 0 Å². The summed E-state index contributed by atoms with van der Waals surface area (Å²) in [5.74, 6) is -0.0417. The Morgan fingerprint density at radius 3 is 2.57 bits per heavy atom. The van der Waals surface area contributed by atoms with E-state index in [0.29, 0.717) is 18.7 Å². The van der Waals surface area contributed by atoms with Gasteiger partial charge in [0.2, 0.25) is 0 Å². The van der Waals surface area contributed by atoms with Gasteiger partial charge in [0.15, 0.2) is 0 Å². The van der Waals surface area contributed by atoms with Crippen molar-refractivity contribution in [3.05, 3.63) is 51.8 Å². The van der Waals surface area contributed by atoms with Crippen LogP contribution in [0, 0.1) is 13.8 Å². The highest BCUT2D eigenvalue weighted by Crippen LogP contribution is 2.22. The molecule has 0 saturated heterocycles. The van der Waals surface area contributed by atoms with Gasteiger partial charge in [-0.1, -0.05) is 15.9 Å². The second-order valence-corrected chi connectivity index (χ2v) is 5.91. The molecule has 0 bridgehead atoms. The molecule has 3 N–H and O–H groups in total. The average molecular weight is 350 g/mol. The Labute approximate surface area is 133 Å². The minimum absolute atomic E-state index is 0.0417. The predicted molar refractivity (Wildman–Crippen MR) is 88.9 cm³/mol. The number of halogens is 1. The fourth-order valence-corrected chi connectivity index (χ4v) is 2.64. The van der Waals surface area contributed by atoms with Gasteiger partial charge in [-0.05, 0) is 57.1 Å². The molecule has 0 unspecified atom stereocenters. The number of nitrogens with one attached hydrogen (secondary N) is 1. The maximum atomic E-state index is 12.2. The summed E-state index contributed by atoms with van der Waals surface area (Å²) in [6, 6.07) is 9.97. The lowest BCUT2D eigenvalue weighted by atomic mass is 10.2. The van der Waals surface area contributed by atoms with Crippen molar-refractivity contribution in [2.45, 2.75) is 20.3 Å². The van der Waals surface area contributed by atoms with Crippen molar-refractivity contribution in [2.75, 3.05) is 13.1 Å². The lowest BCUT2D eigenvalue weighted by Gasteiger charge is -2.10. The molecule has 112 valence electrons. The molecule has 0 saturated carbocycles. The summed E-state index contributed by atoms with van der Waals surface area (Å²) in [7, 11) is 0. The average Bonchev–Trinajstić information content (AvgIpc) is 2.76. The van der Waals surface area contributed by atoms with Crippen molar-refractivity contribution in [1.82, 2.24) is 9.88 Å². The highest BCUT2D eigenvalue weighted by atomic mass is 79.9. The van der Waals surface area contributed by atoms with Crippen molar-refractivity contribution in [2.24, 2.45) is 5.73 Å². The maximum absolute atomic E-state index is 12.2.